The molecule has 0 fully saturated rings. The average Bonchev–Trinajstić information content (AvgIpc) is 2.34. The minimum Gasteiger partial charge on any atom is -0.465 e. The predicted octanol–water partition coefficient (Wildman–Crippen LogP) is 2.12. The first-order valence-corrected chi connectivity index (χ1v) is 5.07. The highest BCUT2D eigenvalue weighted by molar-refractivity contribution is 5.94. The lowest BCUT2D eigenvalue weighted by Gasteiger charge is -2.06. The van der Waals surface area contributed by atoms with Crippen LogP contribution in [0, 0.1) is 6.92 Å². The zero-order valence-corrected chi connectivity index (χ0v) is 9.86. The Morgan fingerprint density at radius 3 is 2.59 bits per heavy atom. The summed E-state index contributed by atoms with van der Waals surface area (Å²) in [5.41, 5.74) is 1.51. The Bertz CT molecular complexity index is 449. The quantitative estimate of drug-likeness (QED) is 0.591. The Morgan fingerprint density at radius 1 is 1.35 bits per heavy atom. The maximum atomic E-state index is 11.5. The zero-order valence-electron chi connectivity index (χ0n) is 9.86. The van der Waals surface area contributed by atoms with Crippen LogP contribution in [0.25, 0.3) is 0 Å². The Balaban J connectivity index is 2.92. The molecule has 0 aliphatic rings. The number of carbonyl (C=O) groups is 2. The summed E-state index contributed by atoms with van der Waals surface area (Å²) in [6, 6.07) is 4.67. The van der Waals surface area contributed by atoms with Crippen LogP contribution in [0.4, 0.5) is 0 Å². The van der Waals surface area contributed by atoms with Gasteiger partial charge in [-0.25, -0.2) is 9.59 Å². The Kier molecular flexibility index (Phi) is 4.46. The van der Waals surface area contributed by atoms with Crippen LogP contribution in [0.2, 0.25) is 0 Å². The van der Waals surface area contributed by atoms with Crippen LogP contribution in [0.1, 0.15) is 26.3 Å². The fourth-order valence-corrected chi connectivity index (χ4v) is 1.35. The summed E-state index contributed by atoms with van der Waals surface area (Å²) in [6.45, 7) is 5.35. The lowest BCUT2D eigenvalue weighted by molar-refractivity contribution is 0.0545. The molecule has 0 spiro atoms. The predicted molar refractivity (Wildman–Crippen MR) is 63.0 cm³/mol. The van der Waals surface area contributed by atoms with E-state index in [1.165, 1.54) is 19.3 Å². The van der Waals surface area contributed by atoms with Gasteiger partial charge in [0, 0.05) is 0 Å². The van der Waals surface area contributed by atoms with Crippen molar-refractivity contribution in [2.75, 3.05) is 13.7 Å². The van der Waals surface area contributed by atoms with E-state index < -0.39 is 11.9 Å². The van der Waals surface area contributed by atoms with Gasteiger partial charge in [-0.05, 0) is 30.7 Å². The Morgan fingerprint density at radius 2 is 2.06 bits per heavy atom. The third-order valence-electron chi connectivity index (χ3n) is 2.20. The number of aryl methyl sites for hydroxylation is 1. The Hall–Kier alpha value is -2.10. The third-order valence-corrected chi connectivity index (χ3v) is 2.20. The normalized spacial score (nSPS) is 9.53. The van der Waals surface area contributed by atoms with E-state index in [1.54, 1.807) is 19.1 Å². The summed E-state index contributed by atoms with van der Waals surface area (Å²) in [5.74, 6) is -0.863. The fraction of sp³-hybridized carbons (Fsp3) is 0.231. The van der Waals surface area contributed by atoms with E-state index in [2.05, 4.69) is 11.3 Å². The number of methoxy groups -OCH3 is 1. The maximum absolute atomic E-state index is 11.5. The van der Waals surface area contributed by atoms with Crippen molar-refractivity contribution in [2.24, 2.45) is 0 Å². The summed E-state index contributed by atoms with van der Waals surface area (Å²) in [7, 11) is 1.31. The molecule has 0 heterocycles. The van der Waals surface area contributed by atoms with Crippen molar-refractivity contribution in [3.05, 3.63) is 47.5 Å². The third kappa shape index (κ3) is 3.17. The summed E-state index contributed by atoms with van der Waals surface area (Å²) >= 11 is 0. The molecule has 1 aromatic carbocycles. The summed E-state index contributed by atoms with van der Waals surface area (Å²) in [5, 5.41) is 0. The zero-order chi connectivity index (χ0) is 12.8. The molecule has 0 N–H and O–H groups in total. The van der Waals surface area contributed by atoms with Gasteiger partial charge >= 0.3 is 11.9 Å². The van der Waals surface area contributed by atoms with Crippen molar-refractivity contribution in [3.63, 3.8) is 0 Å². The molecule has 0 aliphatic carbocycles. The second-order valence-electron chi connectivity index (χ2n) is 3.41. The Labute approximate surface area is 99.8 Å². The molecule has 0 unspecified atom stereocenters. The molecule has 17 heavy (non-hydrogen) atoms. The summed E-state index contributed by atoms with van der Waals surface area (Å²) < 4.78 is 9.50. The lowest BCUT2D eigenvalue weighted by atomic mass is 10.1. The standard InChI is InChI=1S/C13H14O4/c1-4-7-17-12(14)10-5-6-11(9(2)8-10)13(15)16-3/h4-6,8H,1,7H2,2-3H3. The van der Waals surface area contributed by atoms with Crippen molar-refractivity contribution >= 4 is 11.9 Å². The van der Waals surface area contributed by atoms with Crippen molar-refractivity contribution in [1.29, 1.82) is 0 Å². The number of rotatable bonds is 4. The molecule has 90 valence electrons. The minimum absolute atomic E-state index is 0.163. The first-order chi connectivity index (χ1) is 8.10. The molecular weight excluding hydrogens is 220 g/mol. The SMILES string of the molecule is C=CCOC(=O)c1ccc(C(=O)OC)c(C)c1. The molecule has 0 saturated carbocycles. The first kappa shape index (κ1) is 13.0. The number of esters is 2. The van der Waals surface area contributed by atoms with E-state index in [4.69, 9.17) is 4.74 Å². The number of hydrogen-bond acceptors (Lipinski definition) is 4. The lowest BCUT2D eigenvalue weighted by Crippen LogP contribution is -2.08. The van der Waals surface area contributed by atoms with Crippen molar-refractivity contribution < 1.29 is 19.1 Å². The van der Waals surface area contributed by atoms with Crippen LogP contribution < -0.4 is 0 Å². The highest BCUT2D eigenvalue weighted by atomic mass is 16.5. The van der Waals surface area contributed by atoms with Gasteiger partial charge in [-0.2, -0.15) is 0 Å². The molecule has 1 aromatic rings. The van der Waals surface area contributed by atoms with Crippen molar-refractivity contribution in [1.82, 2.24) is 0 Å². The number of hydrogen-bond donors (Lipinski definition) is 0. The fourth-order valence-electron chi connectivity index (χ4n) is 1.35. The molecule has 0 amide bonds. The molecule has 4 nitrogen and oxygen atoms in total. The number of ether oxygens (including phenoxy) is 2. The molecular formula is C13H14O4. The smallest absolute Gasteiger partial charge is 0.338 e. The monoisotopic (exact) mass is 234 g/mol. The van der Waals surface area contributed by atoms with Gasteiger partial charge in [0.1, 0.15) is 6.61 Å². The summed E-state index contributed by atoms with van der Waals surface area (Å²) in [6.07, 6.45) is 1.49. The van der Waals surface area contributed by atoms with Crippen molar-refractivity contribution in [2.45, 2.75) is 6.92 Å². The topological polar surface area (TPSA) is 52.6 Å². The van der Waals surface area contributed by atoms with E-state index in [0.29, 0.717) is 16.7 Å². The van der Waals surface area contributed by atoms with Crippen molar-refractivity contribution in [3.8, 4) is 0 Å². The second-order valence-corrected chi connectivity index (χ2v) is 3.41. The van der Waals surface area contributed by atoms with Crippen LogP contribution >= 0.6 is 0 Å². The van der Waals surface area contributed by atoms with Gasteiger partial charge in [0.05, 0.1) is 18.2 Å². The van der Waals surface area contributed by atoms with Gasteiger partial charge in [0.2, 0.25) is 0 Å². The molecule has 4 heteroatoms. The van der Waals surface area contributed by atoms with E-state index in [-0.39, 0.29) is 6.61 Å². The average molecular weight is 234 g/mol. The molecule has 0 saturated heterocycles. The van der Waals surface area contributed by atoms with Gasteiger partial charge in [-0.1, -0.05) is 12.7 Å². The molecule has 0 atom stereocenters. The first-order valence-electron chi connectivity index (χ1n) is 5.07. The largest absolute Gasteiger partial charge is 0.465 e. The number of benzene rings is 1. The maximum Gasteiger partial charge on any atom is 0.338 e. The highest BCUT2D eigenvalue weighted by Crippen LogP contribution is 2.13. The minimum atomic E-state index is -0.440. The van der Waals surface area contributed by atoms with E-state index in [9.17, 15) is 9.59 Å². The van der Waals surface area contributed by atoms with E-state index in [0.717, 1.165) is 0 Å². The van der Waals surface area contributed by atoms with E-state index in [1.807, 2.05) is 0 Å². The van der Waals surface area contributed by atoms with E-state index >= 15 is 0 Å². The molecule has 0 bridgehead atoms. The number of carbonyl (C=O) groups excluding carboxylic acids is 2. The molecule has 1 rings (SSSR count). The van der Waals surface area contributed by atoms with Crippen LogP contribution in [-0.4, -0.2) is 25.7 Å². The van der Waals surface area contributed by atoms with Crippen LogP contribution in [-0.2, 0) is 9.47 Å². The van der Waals surface area contributed by atoms with Gasteiger partial charge in [-0.3, -0.25) is 0 Å². The summed E-state index contributed by atoms with van der Waals surface area (Å²) in [4.78, 5) is 22.9. The second kappa shape index (κ2) is 5.84. The van der Waals surface area contributed by atoms with Gasteiger partial charge < -0.3 is 9.47 Å². The molecule has 0 aromatic heterocycles. The van der Waals surface area contributed by atoms with Crippen LogP contribution in [0.5, 0.6) is 0 Å². The van der Waals surface area contributed by atoms with Gasteiger partial charge in [-0.15, -0.1) is 0 Å². The van der Waals surface area contributed by atoms with Gasteiger partial charge in [0.25, 0.3) is 0 Å². The van der Waals surface area contributed by atoms with Crippen LogP contribution in [0.15, 0.2) is 30.9 Å². The molecule has 0 radical (unpaired) electrons. The molecule has 0 aliphatic heterocycles. The highest BCUT2D eigenvalue weighted by Gasteiger charge is 2.12. The van der Waals surface area contributed by atoms with Crippen LogP contribution in [0.3, 0.4) is 0 Å². The van der Waals surface area contributed by atoms with Gasteiger partial charge in [0.15, 0.2) is 0 Å².